The lowest BCUT2D eigenvalue weighted by Gasteiger charge is -2.33. The number of rotatable bonds is 4. The molecular formula is C24H24FN3O3S. The predicted molar refractivity (Wildman–Crippen MR) is 122 cm³/mol. The lowest BCUT2D eigenvalue weighted by molar-refractivity contribution is -0.126. The Balaban J connectivity index is 1.48. The third-order valence-corrected chi connectivity index (χ3v) is 7.81. The van der Waals surface area contributed by atoms with E-state index in [1.54, 1.807) is 0 Å². The van der Waals surface area contributed by atoms with E-state index in [-0.39, 0.29) is 36.1 Å². The van der Waals surface area contributed by atoms with Gasteiger partial charge < -0.3 is 5.32 Å². The number of amides is 3. The van der Waals surface area contributed by atoms with Crippen molar-refractivity contribution in [3.8, 4) is 0 Å². The first kappa shape index (κ1) is 21.0. The zero-order valence-corrected chi connectivity index (χ0v) is 18.4. The summed E-state index contributed by atoms with van der Waals surface area (Å²) in [6.45, 7) is -0.0971. The molecule has 2 aliphatic heterocycles. The van der Waals surface area contributed by atoms with E-state index in [1.807, 2.05) is 24.3 Å². The van der Waals surface area contributed by atoms with Crippen molar-refractivity contribution in [3.63, 3.8) is 0 Å². The van der Waals surface area contributed by atoms with Crippen LogP contribution >= 0.6 is 11.8 Å². The van der Waals surface area contributed by atoms with Gasteiger partial charge in [-0.3, -0.25) is 24.2 Å². The van der Waals surface area contributed by atoms with Gasteiger partial charge in [0.15, 0.2) is 0 Å². The maximum Gasteiger partial charge on any atom is 0.269 e. The van der Waals surface area contributed by atoms with E-state index in [4.69, 9.17) is 0 Å². The topological polar surface area (TPSA) is 69.7 Å². The molecule has 0 aromatic heterocycles. The summed E-state index contributed by atoms with van der Waals surface area (Å²) < 4.78 is 13.5. The Morgan fingerprint density at radius 2 is 1.78 bits per heavy atom. The molecule has 32 heavy (non-hydrogen) atoms. The zero-order chi connectivity index (χ0) is 22.3. The molecular weight excluding hydrogens is 429 g/mol. The fourth-order valence-electron chi connectivity index (χ4n) is 4.97. The molecule has 2 heterocycles. The molecule has 166 valence electrons. The quantitative estimate of drug-likeness (QED) is 0.769. The first-order valence-corrected chi connectivity index (χ1v) is 11.9. The van der Waals surface area contributed by atoms with Crippen LogP contribution in [0.1, 0.15) is 37.7 Å². The fourth-order valence-corrected chi connectivity index (χ4v) is 6.33. The Bertz CT molecular complexity index is 1070. The van der Waals surface area contributed by atoms with Crippen molar-refractivity contribution in [2.45, 2.75) is 43.0 Å². The molecule has 5 rings (SSSR count). The monoisotopic (exact) mass is 453 g/mol. The summed E-state index contributed by atoms with van der Waals surface area (Å²) >= 11 is 1.24. The molecule has 2 aromatic carbocycles. The van der Waals surface area contributed by atoms with Crippen molar-refractivity contribution < 1.29 is 18.8 Å². The van der Waals surface area contributed by atoms with Crippen LogP contribution in [0.25, 0.3) is 0 Å². The molecule has 2 aromatic rings. The summed E-state index contributed by atoms with van der Waals surface area (Å²) in [5.74, 6) is -1.03. The Morgan fingerprint density at radius 1 is 1.06 bits per heavy atom. The van der Waals surface area contributed by atoms with Gasteiger partial charge >= 0.3 is 0 Å². The number of benzene rings is 2. The van der Waals surface area contributed by atoms with Crippen LogP contribution in [0.15, 0.2) is 48.5 Å². The smallest absolute Gasteiger partial charge is 0.269 e. The van der Waals surface area contributed by atoms with Gasteiger partial charge in [-0.05, 0) is 43.2 Å². The van der Waals surface area contributed by atoms with Gasteiger partial charge in [-0.15, -0.1) is 11.8 Å². The van der Waals surface area contributed by atoms with Gasteiger partial charge in [0.25, 0.3) is 5.91 Å². The highest BCUT2D eigenvalue weighted by atomic mass is 32.2. The molecule has 1 atom stereocenters. The average molecular weight is 454 g/mol. The van der Waals surface area contributed by atoms with Crippen LogP contribution in [-0.4, -0.2) is 36.1 Å². The lowest BCUT2D eigenvalue weighted by Crippen LogP contribution is -2.52. The molecule has 0 unspecified atom stereocenters. The van der Waals surface area contributed by atoms with Gasteiger partial charge in [0.1, 0.15) is 12.4 Å². The summed E-state index contributed by atoms with van der Waals surface area (Å²) in [7, 11) is 0. The van der Waals surface area contributed by atoms with Gasteiger partial charge in [-0.1, -0.05) is 37.5 Å². The average Bonchev–Trinajstić information content (AvgIpc) is 3.26. The summed E-state index contributed by atoms with van der Waals surface area (Å²) in [5.41, 5.74) is 1.76. The first-order valence-electron chi connectivity index (χ1n) is 10.9. The zero-order valence-electron chi connectivity index (χ0n) is 17.6. The molecule has 6 nitrogen and oxygen atoms in total. The Morgan fingerprint density at radius 3 is 2.53 bits per heavy atom. The van der Waals surface area contributed by atoms with Crippen LogP contribution in [0.2, 0.25) is 0 Å². The van der Waals surface area contributed by atoms with Crippen molar-refractivity contribution in [1.29, 1.82) is 0 Å². The van der Waals surface area contributed by atoms with E-state index in [2.05, 4.69) is 5.32 Å². The molecule has 0 bridgehead atoms. The van der Waals surface area contributed by atoms with Crippen LogP contribution in [0.4, 0.5) is 15.8 Å². The molecule has 1 spiro atoms. The SMILES string of the molecule is O=C(CN1C(=O)[C@]2(SCC(=O)N2c2ccc(F)cc2)c2ccccc21)NC1CCCCC1. The Kier molecular flexibility index (Phi) is 5.41. The minimum Gasteiger partial charge on any atom is -0.352 e. The fraction of sp³-hybridized carbons (Fsp3) is 0.375. The van der Waals surface area contributed by atoms with Gasteiger partial charge in [0.2, 0.25) is 16.7 Å². The van der Waals surface area contributed by atoms with E-state index in [0.717, 1.165) is 25.7 Å². The Hall–Kier alpha value is -2.87. The molecule has 1 saturated heterocycles. The molecule has 1 saturated carbocycles. The van der Waals surface area contributed by atoms with E-state index >= 15 is 0 Å². The largest absolute Gasteiger partial charge is 0.352 e. The first-order chi connectivity index (χ1) is 15.5. The molecule has 1 aliphatic carbocycles. The standard InChI is InChI=1S/C24H24FN3O3S/c25-16-10-12-18(13-11-16)28-22(30)15-32-24(28)19-8-4-5-9-20(19)27(23(24)31)14-21(29)26-17-6-2-1-3-7-17/h4-5,8-13,17H,1-3,6-7,14-15H2,(H,26,29)/t24-/m1/s1. The maximum absolute atomic E-state index is 13.9. The lowest BCUT2D eigenvalue weighted by atomic mass is 9.95. The third-order valence-electron chi connectivity index (χ3n) is 6.42. The van der Waals surface area contributed by atoms with Crippen molar-refractivity contribution in [2.75, 3.05) is 22.1 Å². The second-order valence-electron chi connectivity index (χ2n) is 8.45. The summed E-state index contributed by atoms with van der Waals surface area (Å²) in [6.07, 6.45) is 5.32. The van der Waals surface area contributed by atoms with Gasteiger partial charge in [0.05, 0.1) is 11.4 Å². The van der Waals surface area contributed by atoms with Crippen molar-refractivity contribution in [2.24, 2.45) is 0 Å². The highest BCUT2D eigenvalue weighted by molar-refractivity contribution is 8.02. The highest BCUT2D eigenvalue weighted by Gasteiger charge is 2.61. The van der Waals surface area contributed by atoms with E-state index < -0.39 is 10.7 Å². The normalized spacial score (nSPS) is 23.2. The number of hydrogen-bond donors (Lipinski definition) is 1. The number of fused-ring (bicyclic) bond motifs is 2. The number of thioether (sulfide) groups is 1. The minimum absolute atomic E-state index is 0.0971. The number of carbonyl (C=O) groups excluding carboxylic acids is 3. The Labute approximate surface area is 190 Å². The number of carbonyl (C=O) groups is 3. The second-order valence-corrected chi connectivity index (χ2v) is 9.62. The van der Waals surface area contributed by atoms with Crippen LogP contribution in [-0.2, 0) is 19.3 Å². The second kappa shape index (κ2) is 8.24. The van der Waals surface area contributed by atoms with Crippen LogP contribution in [0, 0.1) is 5.82 Å². The third kappa shape index (κ3) is 3.37. The molecule has 8 heteroatoms. The number of nitrogens with zero attached hydrogens (tertiary/aromatic N) is 2. The molecule has 3 aliphatic rings. The number of halogens is 1. The van der Waals surface area contributed by atoms with Crippen molar-refractivity contribution >= 4 is 40.9 Å². The molecule has 2 fully saturated rings. The van der Waals surface area contributed by atoms with E-state index in [0.29, 0.717) is 16.9 Å². The number of hydrogen-bond acceptors (Lipinski definition) is 4. The molecule has 0 radical (unpaired) electrons. The molecule has 3 amide bonds. The highest BCUT2D eigenvalue weighted by Crippen LogP contribution is 2.55. The number of nitrogens with one attached hydrogen (secondary N) is 1. The predicted octanol–water partition coefficient (Wildman–Crippen LogP) is 3.55. The summed E-state index contributed by atoms with van der Waals surface area (Å²) in [6, 6.07) is 13.0. The van der Waals surface area contributed by atoms with E-state index in [9.17, 15) is 18.8 Å². The molecule has 1 N–H and O–H groups in total. The van der Waals surface area contributed by atoms with Crippen molar-refractivity contribution in [1.82, 2.24) is 5.32 Å². The van der Waals surface area contributed by atoms with E-state index in [1.165, 1.54) is 52.2 Å². The van der Waals surface area contributed by atoms with Crippen LogP contribution in [0.3, 0.4) is 0 Å². The van der Waals surface area contributed by atoms with Gasteiger partial charge in [-0.2, -0.15) is 0 Å². The van der Waals surface area contributed by atoms with Crippen LogP contribution < -0.4 is 15.1 Å². The minimum atomic E-state index is -1.30. The summed E-state index contributed by atoms with van der Waals surface area (Å²) in [5, 5.41) is 3.07. The van der Waals surface area contributed by atoms with Gasteiger partial charge in [-0.25, -0.2) is 4.39 Å². The summed E-state index contributed by atoms with van der Waals surface area (Å²) in [4.78, 5) is 41.3. The van der Waals surface area contributed by atoms with Crippen molar-refractivity contribution in [3.05, 3.63) is 59.9 Å². The van der Waals surface area contributed by atoms with Crippen LogP contribution in [0.5, 0.6) is 0 Å². The number of para-hydroxylation sites is 1. The van der Waals surface area contributed by atoms with Gasteiger partial charge in [0, 0.05) is 17.3 Å². The maximum atomic E-state index is 13.9. The number of anilines is 2.